The lowest BCUT2D eigenvalue weighted by atomic mass is 10.3. The molecule has 0 aromatic carbocycles. The molecule has 1 aliphatic carbocycles. The summed E-state index contributed by atoms with van der Waals surface area (Å²) in [6.07, 6.45) is 3.78. The summed E-state index contributed by atoms with van der Waals surface area (Å²) in [5.74, 6) is 0.890. The Labute approximate surface area is 136 Å². The highest BCUT2D eigenvalue weighted by Crippen LogP contribution is 2.26. The van der Waals surface area contributed by atoms with Gasteiger partial charge in [0, 0.05) is 59.0 Å². The van der Waals surface area contributed by atoms with Crippen LogP contribution in [0, 0.1) is 0 Å². The number of hydrogen-bond acceptors (Lipinski definition) is 4. The fourth-order valence-electron chi connectivity index (χ4n) is 2.41. The molecule has 0 saturated heterocycles. The van der Waals surface area contributed by atoms with Crippen molar-refractivity contribution in [2.45, 2.75) is 38.3 Å². The number of likely N-dealkylation sites (N-methyl/N-ethyl adjacent to an activating group) is 2. The third-order valence-corrected chi connectivity index (χ3v) is 4.28. The fourth-order valence-corrected chi connectivity index (χ4v) is 2.41. The van der Waals surface area contributed by atoms with Gasteiger partial charge in [-0.25, -0.2) is 0 Å². The van der Waals surface area contributed by atoms with E-state index in [0.29, 0.717) is 6.04 Å². The van der Waals surface area contributed by atoms with Crippen molar-refractivity contribution in [3.05, 3.63) is 0 Å². The van der Waals surface area contributed by atoms with Crippen LogP contribution in [0.2, 0.25) is 0 Å². The average molecular weight is 313 g/mol. The van der Waals surface area contributed by atoms with Gasteiger partial charge in [0.2, 0.25) is 0 Å². The summed E-state index contributed by atoms with van der Waals surface area (Å²) < 4.78 is 5.07. The zero-order valence-corrected chi connectivity index (χ0v) is 15.1. The van der Waals surface area contributed by atoms with Crippen molar-refractivity contribution in [1.82, 2.24) is 20.4 Å². The molecule has 1 rings (SSSR count). The topological polar surface area (TPSA) is 52.1 Å². The Balaban J connectivity index is 2.11. The molecule has 0 aliphatic heterocycles. The van der Waals surface area contributed by atoms with Crippen LogP contribution in [0.1, 0.15) is 26.2 Å². The predicted octanol–water partition coefficient (Wildman–Crippen LogP) is 0.602. The van der Waals surface area contributed by atoms with E-state index in [1.807, 2.05) is 7.05 Å². The summed E-state index contributed by atoms with van der Waals surface area (Å²) in [6.45, 7) is 6.98. The molecule has 0 radical (unpaired) electrons. The lowest BCUT2D eigenvalue weighted by Crippen LogP contribution is -2.46. The predicted molar refractivity (Wildman–Crippen MR) is 93.6 cm³/mol. The molecule has 0 amide bonds. The third-order valence-electron chi connectivity index (χ3n) is 4.28. The number of rotatable bonds is 11. The maximum atomic E-state index is 5.07. The van der Waals surface area contributed by atoms with E-state index in [2.05, 4.69) is 46.4 Å². The molecule has 1 aliphatic rings. The van der Waals surface area contributed by atoms with Crippen molar-refractivity contribution in [1.29, 1.82) is 0 Å². The number of aliphatic imine (C=N–C) groups is 1. The summed E-state index contributed by atoms with van der Waals surface area (Å²) in [5.41, 5.74) is 0. The maximum Gasteiger partial charge on any atom is 0.191 e. The molecule has 0 spiro atoms. The molecular formula is C16H35N5O. The number of nitrogens with zero attached hydrogens (tertiary/aromatic N) is 3. The Bertz CT molecular complexity index is 320. The van der Waals surface area contributed by atoms with E-state index >= 15 is 0 Å². The lowest BCUT2D eigenvalue weighted by molar-refractivity contribution is 0.180. The van der Waals surface area contributed by atoms with Crippen molar-refractivity contribution >= 4 is 5.96 Å². The van der Waals surface area contributed by atoms with Crippen molar-refractivity contribution in [3.63, 3.8) is 0 Å². The zero-order chi connectivity index (χ0) is 16.4. The van der Waals surface area contributed by atoms with Gasteiger partial charge in [-0.3, -0.25) is 9.89 Å². The number of ether oxygens (including phenoxy) is 1. The van der Waals surface area contributed by atoms with E-state index in [1.54, 1.807) is 7.11 Å². The van der Waals surface area contributed by atoms with Gasteiger partial charge >= 0.3 is 0 Å². The van der Waals surface area contributed by atoms with E-state index in [-0.39, 0.29) is 0 Å². The molecule has 22 heavy (non-hydrogen) atoms. The van der Waals surface area contributed by atoms with E-state index in [4.69, 9.17) is 4.74 Å². The van der Waals surface area contributed by atoms with Crippen LogP contribution in [0.25, 0.3) is 0 Å². The minimum absolute atomic E-state index is 0.530. The second-order valence-corrected chi connectivity index (χ2v) is 6.28. The van der Waals surface area contributed by atoms with Gasteiger partial charge in [-0.05, 0) is 40.3 Å². The fraction of sp³-hybridized carbons (Fsp3) is 0.938. The van der Waals surface area contributed by atoms with Gasteiger partial charge in [0.25, 0.3) is 0 Å². The quantitative estimate of drug-likeness (QED) is 0.332. The van der Waals surface area contributed by atoms with Gasteiger partial charge in [-0.2, -0.15) is 0 Å². The first-order valence-corrected chi connectivity index (χ1v) is 8.42. The first-order valence-electron chi connectivity index (χ1n) is 8.42. The summed E-state index contributed by atoms with van der Waals surface area (Å²) in [6, 6.07) is 1.33. The van der Waals surface area contributed by atoms with Crippen LogP contribution in [-0.4, -0.2) is 88.9 Å². The summed E-state index contributed by atoms with van der Waals surface area (Å²) in [5, 5.41) is 6.79. The van der Waals surface area contributed by atoms with Crippen LogP contribution in [0.4, 0.5) is 0 Å². The zero-order valence-electron chi connectivity index (χ0n) is 15.1. The van der Waals surface area contributed by atoms with Crippen molar-refractivity contribution in [2.24, 2.45) is 4.99 Å². The van der Waals surface area contributed by atoms with Crippen molar-refractivity contribution in [2.75, 3.05) is 61.0 Å². The largest absolute Gasteiger partial charge is 0.385 e. The van der Waals surface area contributed by atoms with E-state index < -0.39 is 0 Å². The molecule has 130 valence electrons. The second kappa shape index (κ2) is 10.8. The van der Waals surface area contributed by atoms with Crippen LogP contribution in [0.15, 0.2) is 4.99 Å². The SMILES string of the molecule is CN=C(NCCN(C)CCCOC)NCC(C)N(C)C1CC1. The smallest absolute Gasteiger partial charge is 0.191 e. The van der Waals surface area contributed by atoms with Gasteiger partial charge in [0.1, 0.15) is 0 Å². The van der Waals surface area contributed by atoms with Crippen LogP contribution < -0.4 is 10.6 Å². The van der Waals surface area contributed by atoms with Crippen LogP contribution in [-0.2, 0) is 4.74 Å². The Morgan fingerprint density at radius 2 is 2.00 bits per heavy atom. The molecule has 2 N–H and O–H groups in total. The molecular weight excluding hydrogens is 278 g/mol. The Morgan fingerprint density at radius 1 is 1.27 bits per heavy atom. The molecule has 1 atom stereocenters. The van der Waals surface area contributed by atoms with E-state index in [9.17, 15) is 0 Å². The molecule has 6 nitrogen and oxygen atoms in total. The minimum Gasteiger partial charge on any atom is -0.385 e. The first kappa shape index (κ1) is 19.2. The summed E-state index contributed by atoms with van der Waals surface area (Å²) >= 11 is 0. The number of hydrogen-bond donors (Lipinski definition) is 2. The first-order chi connectivity index (χ1) is 10.6. The third kappa shape index (κ3) is 7.96. The molecule has 0 heterocycles. The molecule has 0 aromatic heterocycles. The normalized spacial score (nSPS) is 17.1. The highest BCUT2D eigenvalue weighted by molar-refractivity contribution is 5.79. The minimum atomic E-state index is 0.530. The Kier molecular flexibility index (Phi) is 9.43. The van der Waals surface area contributed by atoms with Crippen LogP contribution in [0.5, 0.6) is 0 Å². The van der Waals surface area contributed by atoms with Crippen molar-refractivity contribution in [3.8, 4) is 0 Å². The molecule has 1 saturated carbocycles. The molecule has 6 heteroatoms. The van der Waals surface area contributed by atoms with Crippen LogP contribution in [0.3, 0.4) is 0 Å². The molecule has 0 bridgehead atoms. The summed E-state index contributed by atoms with van der Waals surface area (Å²) in [4.78, 5) is 9.06. The maximum absolute atomic E-state index is 5.07. The number of guanidine groups is 1. The van der Waals surface area contributed by atoms with Gasteiger partial charge in [-0.15, -0.1) is 0 Å². The number of nitrogens with one attached hydrogen (secondary N) is 2. The average Bonchev–Trinajstić information content (AvgIpc) is 3.34. The highest BCUT2D eigenvalue weighted by Gasteiger charge is 2.28. The van der Waals surface area contributed by atoms with Gasteiger partial charge in [0.05, 0.1) is 0 Å². The summed E-state index contributed by atoms with van der Waals surface area (Å²) in [7, 11) is 7.93. The molecule has 0 aromatic rings. The van der Waals surface area contributed by atoms with Gasteiger partial charge in [0.15, 0.2) is 5.96 Å². The lowest BCUT2D eigenvalue weighted by Gasteiger charge is -2.25. The Morgan fingerprint density at radius 3 is 2.59 bits per heavy atom. The highest BCUT2D eigenvalue weighted by atomic mass is 16.5. The number of methoxy groups -OCH3 is 1. The molecule has 1 fully saturated rings. The van der Waals surface area contributed by atoms with Crippen molar-refractivity contribution < 1.29 is 4.74 Å². The Hall–Kier alpha value is -0.850. The van der Waals surface area contributed by atoms with E-state index in [0.717, 1.165) is 51.2 Å². The van der Waals surface area contributed by atoms with E-state index in [1.165, 1.54) is 12.8 Å². The van der Waals surface area contributed by atoms with Crippen LogP contribution >= 0.6 is 0 Å². The standard InChI is InChI=1S/C16H35N5O/c1-14(21(4)15-7-8-15)13-19-16(17-2)18-9-11-20(3)10-6-12-22-5/h14-15H,6-13H2,1-5H3,(H2,17,18,19). The second-order valence-electron chi connectivity index (χ2n) is 6.28. The van der Waals surface area contributed by atoms with Gasteiger partial charge < -0.3 is 20.3 Å². The monoisotopic (exact) mass is 313 g/mol. The van der Waals surface area contributed by atoms with Gasteiger partial charge in [-0.1, -0.05) is 0 Å². The molecule has 1 unspecified atom stereocenters.